The Morgan fingerprint density at radius 1 is 1.39 bits per heavy atom. The molecule has 136 valence electrons. The van der Waals surface area contributed by atoms with Gasteiger partial charge in [0.15, 0.2) is 20.2 Å². The quantitative estimate of drug-likeness (QED) is 0.587. The van der Waals surface area contributed by atoms with Crippen LogP contribution in [0.4, 0.5) is 0 Å². The van der Waals surface area contributed by atoms with Crippen molar-refractivity contribution in [3.8, 4) is 0 Å². The molecule has 0 radical (unpaired) electrons. The van der Waals surface area contributed by atoms with Crippen molar-refractivity contribution in [2.75, 3.05) is 13.2 Å². The molecule has 1 aliphatic heterocycles. The molecule has 3 atom stereocenters. The maximum atomic E-state index is 12.0. The van der Waals surface area contributed by atoms with E-state index in [4.69, 9.17) is 18.6 Å². The second-order valence-corrected chi connectivity index (χ2v) is 12.7. The molecule has 0 aromatic rings. The minimum atomic E-state index is -2.22. The lowest BCUT2D eigenvalue weighted by atomic mass is 10.1. The van der Waals surface area contributed by atoms with Crippen LogP contribution in [0.15, 0.2) is 0 Å². The van der Waals surface area contributed by atoms with Gasteiger partial charge in [-0.25, -0.2) is 4.79 Å². The Morgan fingerprint density at radius 2 is 1.96 bits per heavy atom. The van der Waals surface area contributed by atoms with Crippen molar-refractivity contribution in [3.63, 3.8) is 0 Å². The van der Waals surface area contributed by atoms with E-state index >= 15 is 0 Å². The Bertz CT molecular complexity index is 415. The number of ether oxygens (including phenoxy) is 3. The van der Waals surface area contributed by atoms with Gasteiger partial charge in [0.1, 0.15) is 12.2 Å². The number of aliphatic hydroxyl groups excluding tert-OH is 1. The lowest BCUT2D eigenvalue weighted by Gasteiger charge is -2.41. The molecule has 0 aliphatic carbocycles. The summed E-state index contributed by atoms with van der Waals surface area (Å²) in [7, 11) is -2.22. The highest BCUT2D eigenvalue weighted by Gasteiger charge is 2.48. The van der Waals surface area contributed by atoms with Gasteiger partial charge >= 0.3 is 5.97 Å². The van der Waals surface area contributed by atoms with Gasteiger partial charge in [-0.3, -0.25) is 0 Å². The molecule has 0 aromatic heterocycles. The number of hydrogen-bond donors (Lipinski definition) is 1. The predicted molar refractivity (Wildman–Crippen MR) is 89.6 cm³/mol. The Balaban J connectivity index is 3.00. The summed E-state index contributed by atoms with van der Waals surface area (Å²) in [6.45, 7) is 16.2. The molecule has 23 heavy (non-hydrogen) atoms. The first-order valence-corrected chi connectivity index (χ1v) is 11.1. The van der Waals surface area contributed by atoms with Crippen LogP contribution in [0.2, 0.25) is 18.1 Å². The van der Waals surface area contributed by atoms with Crippen LogP contribution in [0.25, 0.3) is 0 Å². The molecule has 1 rings (SSSR count). The highest BCUT2D eigenvalue weighted by atomic mass is 28.4. The second kappa shape index (κ2) is 7.19. The molecule has 1 saturated heterocycles. The van der Waals surface area contributed by atoms with Crippen molar-refractivity contribution < 1.29 is 28.5 Å². The summed E-state index contributed by atoms with van der Waals surface area (Å²) in [5.41, 5.74) is 0. The molecule has 1 fully saturated rings. The first-order chi connectivity index (χ1) is 10.3. The predicted octanol–water partition coefficient (Wildman–Crippen LogP) is 2.45. The smallest absolute Gasteiger partial charge is 0.337 e. The number of hydrogen-bond acceptors (Lipinski definition) is 6. The van der Waals surface area contributed by atoms with E-state index in [-0.39, 0.29) is 18.3 Å². The van der Waals surface area contributed by atoms with Gasteiger partial charge in [0.2, 0.25) is 0 Å². The van der Waals surface area contributed by atoms with Gasteiger partial charge in [-0.05, 0) is 38.9 Å². The molecule has 0 aromatic carbocycles. The normalized spacial score (nSPS) is 24.3. The third-order valence-electron chi connectivity index (χ3n) is 4.47. The van der Waals surface area contributed by atoms with Crippen LogP contribution >= 0.6 is 0 Å². The molecule has 7 heteroatoms. The molecule has 0 bridgehead atoms. The third kappa shape index (κ3) is 5.25. The molecular weight excluding hydrogens is 316 g/mol. The maximum Gasteiger partial charge on any atom is 0.337 e. The van der Waals surface area contributed by atoms with Crippen LogP contribution < -0.4 is 0 Å². The number of esters is 1. The molecule has 1 heterocycles. The van der Waals surface area contributed by atoms with Gasteiger partial charge in [-0.2, -0.15) is 0 Å². The van der Waals surface area contributed by atoms with Gasteiger partial charge in [-0.1, -0.05) is 20.8 Å². The molecule has 6 nitrogen and oxygen atoms in total. The zero-order chi connectivity index (χ0) is 18.1. The largest absolute Gasteiger partial charge is 0.464 e. The van der Waals surface area contributed by atoms with E-state index in [1.165, 1.54) is 0 Å². The molecule has 0 saturated carbocycles. The number of rotatable bonds is 6. The van der Waals surface area contributed by atoms with Crippen molar-refractivity contribution >= 4 is 14.3 Å². The SMILES string of the molecule is CCOC(=O)[C@@H](O)C(O[Si](C)(C)C(C)(C)C)[C@H]1COC(C)(C)O1. The monoisotopic (exact) mass is 348 g/mol. The zero-order valence-electron chi connectivity index (χ0n) is 15.6. The summed E-state index contributed by atoms with van der Waals surface area (Å²) < 4.78 is 22.6. The average Bonchev–Trinajstić information content (AvgIpc) is 2.74. The fourth-order valence-corrected chi connectivity index (χ4v) is 3.41. The molecular formula is C16H32O6Si. The maximum absolute atomic E-state index is 12.0. The number of carbonyl (C=O) groups is 1. The summed E-state index contributed by atoms with van der Waals surface area (Å²) >= 11 is 0. The van der Waals surface area contributed by atoms with E-state index in [0.29, 0.717) is 0 Å². The topological polar surface area (TPSA) is 74.2 Å². The third-order valence-corrected chi connectivity index (χ3v) is 8.95. The lowest BCUT2D eigenvalue weighted by Crippen LogP contribution is -2.54. The highest BCUT2D eigenvalue weighted by molar-refractivity contribution is 6.74. The fourth-order valence-electron chi connectivity index (χ4n) is 2.10. The van der Waals surface area contributed by atoms with Gasteiger partial charge in [0.25, 0.3) is 0 Å². The van der Waals surface area contributed by atoms with E-state index in [1.807, 2.05) is 0 Å². The Labute approximate surface area is 140 Å². The minimum Gasteiger partial charge on any atom is -0.464 e. The first-order valence-electron chi connectivity index (χ1n) is 8.15. The van der Waals surface area contributed by atoms with Crippen molar-refractivity contribution in [2.24, 2.45) is 0 Å². The summed E-state index contributed by atoms with van der Waals surface area (Å²) in [6.07, 6.45) is -2.72. The molecule has 1 N–H and O–H groups in total. The average molecular weight is 349 g/mol. The van der Waals surface area contributed by atoms with Gasteiger partial charge in [-0.15, -0.1) is 0 Å². The van der Waals surface area contributed by atoms with Crippen LogP contribution in [0.1, 0.15) is 41.5 Å². The molecule has 1 aliphatic rings. The van der Waals surface area contributed by atoms with Crippen LogP contribution in [-0.4, -0.2) is 56.7 Å². The zero-order valence-corrected chi connectivity index (χ0v) is 16.6. The Kier molecular flexibility index (Phi) is 6.43. The Hall–Kier alpha value is -0.473. The molecule has 0 amide bonds. The van der Waals surface area contributed by atoms with Gasteiger partial charge in [0.05, 0.1) is 13.2 Å². The van der Waals surface area contributed by atoms with Crippen LogP contribution in [0, 0.1) is 0 Å². The minimum absolute atomic E-state index is 0.0609. The lowest BCUT2D eigenvalue weighted by molar-refractivity contribution is -0.175. The molecule has 0 spiro atoms. The van der Waals surface area contributed by atoms with Gasteiger partial charge < -0.3 is 23.7 Å². The summed E-state index contributed by atoms with van der Waals surface area (Å²) in [5.74, 6) is -1.45. The summed E-state index contributed by atoms with van der Waals surface area (Å²) in [6, 6.07) is 0. The number of carbonyl (C=O) groups excluding carboxylic acids is 1. The van der Waals surface area contributed by atoms with Crippen molar-refractivity contribution in [3.05, 3.63) is 0 Å². The first kappa shape index (κ1) is 20.6. The fraction of sp³-hybridized carbons (Fsp3) is 0.938. The van der Waals surface area contributed by atoms with E-state index in [2.05, 4.69) is 33.9 Å². The van der Waals surface area contributed by atoms with Crippen molar-refractivity contribution in [2.45, 2.75) is 83.8 Å². The van der Waals surface area contributed by atoms with Crippen LogP contribution in [0.5, 0.6) is 0 Å². The molecule has 1 unspecified atom stereocenters. The van der Waals surface area contributed by atoms with Crippen molar-refractivity contribution in [1.29, 1.82) is 0 Å². The summed E-state index contributed by atoms with van der Waals surface area (Å²) in [5, 5.41) is 10.4. The van der Waals surface area contributed by atoms with E-state index in [1.54, 1.807) is 20.8 Å². The highest BCUT2D eigenvalue weighted by Crippen LogP contribution is 2.39. The Morgan fingerprint density at radius 3 is 2.35 bits per heavy atom. The van der Waals surface area contributed by atoms with Crippen LogP contribution in [-0.2, 0) is 23.4 Å². The van der Waals surface area contributed by atoms with Gasteiger partial charge in [0, 0.05) is 0 Å². The van der Waals surface area contributed by atoms with E-state index < -0.39 is 38.4 Å². The van der Waals surface area contributed by atoms with E-state index in [0.717, 1.165) is 0 Å². The summed E-state index contributed by atoms with van der Waals surface area (Å²) in [4.78, 5) is 12.0. The van der Waals surface area contributed by atoms with Crippen molar-refractivity contribution in [1.82, 2.24) is 0 Å². The standard InChI is InChI=1S/C16H32O6Si/c1-9-19-14(18)12(17)13(11-10-20-16(5,6)21-11)22-23(7,8)15(2,3)4/h11-13,17H,9-10H2,1-8H3/t11-,12+,13?/m1/s1. The second-order valence-electron chi connectivity index (χ2n) is 7.91. The van der Waals surface area contributed by atoms with E-state index in [9.17, 15) is 9.90 Å². The number of aliphatic hydroxyl groups is 1. The van der Waals surface area contributed by atoms with Crippen LogP contribution in [0.3, 0.4) is 0 Å².